The van der Waals surface area contributed by atoms with Crippen molar-refractivity contribution in [3.8, 4) is 0 Å². The van der Waals surface area contributed by atoms with Crippen LogP contribution in [0.4, 0.5) is 4.79 Å². The highest BCUT2D eigenvalue weighted by molar-refractivity contribution is 5.74. The Kier molecular flexibility index (Phi) is 7.52. The van der Waals surface area contributed by atoms with E-state index in [1.165, 1.54) is 7.11 Å². The van der Waals surface area contributed by atoms with Gasteiger partial charge in [0, 0.05) is 45.7 Å². The van der Waals surface area contributed by atoms with Gasteiger partial charge in [-0.2, -0.15) is 0 Å². The van der Waals surface area contributed by atoms with Crippen LogP contribution in [0, 0.1) is 0 Å². The van der Waals surface area contributed by atoms with E-state index in [2.05, 4.69) is 15.0 Å². The van der Waals surface area contributed by atoms with Crippen LogP contribution in [0.15, 0.2) is 0 Å². The highest BCUT2D eigenvalue weighted by atomic mass is 16.5. The summed E-state index contributed by atoms with van der Waals surface area (Å²) in [6.07, 6.45) is 0.847. The summed E-state index contributed by atoms with van der Waals surface area (Å²) in [6.45, 7) is 3.66. The fourth-order valence-corrected chi connectivity index (χ4v) is 2.07. The molecule has 1 saturated heterocycles. The molecule has 1 fully saturated rings. The number of piperazine rings is 1. The van der Waals surface area contributed by atoms with Gasteiger partial charge in [0.25, 0.3) is 0 Å². The van der Waals surface area contributed by atoms with Crippen LogP contribution in [0.2, 0.25) is 0 Å². The van der Waals surface area contributed by atoms with Crippen LogP contribution in [0.25, 0.3) is 0 Å². The van der Waals surface area contributed by atoms with E-state index in [4.69, 9.17) is 5.11 Å². The number of carboxylic acid groups (broad SMARTS) is 1. The number of ether oxygens (including phenoxy) is 1. The van der Waals surface area contributed by atoms with Crippen LogP contribution >= 0.6 is 0 Å². The monoisotopic (exact) mass is 301 g/mol. The van der Waals surface area contributed by atoms with Crippen molar-refractivity contribution in [1.29, 1.82) is 0 Å². The second-order valence-corrected chi connectivity index (χ2v) is 4.88. The third-order valence-electron chi connectivity index (χ3n) is 3.36. The normalized spacial score (nSPS) is 15.6. The second kappa shape index (κ2) is 9.17. The lowest BCUT2D eigenvalue weighted by atomic mass is 10.3. The fraction of sp³-hybridized carbons (Fsp3) is 0.769. The van der Waals surface area contributed by atoms with Gasteiger partial charge in [0.1, 0.15) is 0 Å². The Morgan fingerprint density at radius 3 is 2.38 bits per heavy atom. The number of carbonyl (C=O) groups excluding carboxylic acids is 2. The molecule has 0 unspecified atom stereocenters. The zero-order chi connectivity index (χ0) is 15.7. The lowest BCUT2D eigenvalue weighted by molar-refractivity contribution is -0.141. The summed E-state index contributed by atoms with van der Waals surface area (Å²) in [4.78, 5) is 37.1. The van der Waals surface area contributed by atoms with Gasteiger partial charge in [-0.3, -0.25) is 14.5 Å². The number of amides is 2. The average Bonchev–Trinajstić information content (AvgIpc) is 2.49. The number of nitrogens with zero attached hydrogens (tertiary/aromatic N) is 2. The molecule has 0 aromatic rings. The minimum absolute atomic E-state index is 0.0571. The van der Waals surface area contributed by atoms with E-state index >= 15 is 0 Å². The molecule has 0 aromatic heterocycles. The van der Waals surface area contributed by atoms with Gasteiger partial charge in [0.05, 0.1) is 13.5 Å². The number of aliphatic carboxylic acids is 1. The largest absolute Gasteiger partial charge is 0.481 e. The standard InChI is InChI=1S/C13H23N3O5/c1-21-12(19)4-6-15-7-9-16(10-8-15)13(20)14-5-2-3-11(17)18/h2-10H2,1H3,(H,14,20)(H,17,18). The molecule has 8 nitrogen and oxygen atoms in total. The first-order chi connectivity index (χ1) is 10.0. The summed E-state index contributed by atoms with van der Waals surface area (Å²) >= 11 is 0. The molecule has 0 atom stereocenters. The zero-order valence-electron chi connectivity index (χ0n) is 12.3. The van der Waals surface area contributed by atoms with E-state index in [1.807, 2.05) is 0 Å². The Hall–Kier alpha value is -1.83. The quantitative estimate of drug-likeness (QED) is 0.496. The number of rotatable bonds is 7. The van der Waals surface area contributed by atoms with Crippen molar-refractivity contribution in [2.24, 2.45) is 0 Å². The number of methoxy groups -OCH3 is 1. The SMILES string of the molecule is COC(=O)CCN1CCN(C(=O)NCCCC(=O)O)CC1. The van der Waals surface area contributed by atoms with E-state index in [0.717, 1.165) is 13.1 Å². The first-order valence-electron chi connectivity index (χ1n) is 7.06. The smallest absolute Gasteiger partial charge is 0.317 e. The molecule has 0 spiro atoms. The number of carboxylic acids is 1. The summed E-state index contributed by atoms with van der Waals surface area (Å²) in [5.74, 6) is -1.09. The van der Waals surface area contributed by atoms with Crippen LogP contribution < -0.4 is 5.32 Å². The van der Waals surface area contributed by atoms with E-state index in [0.29, 0.717) is 39.0 Å². The van der Waals surface area contributed by atoms with Crippen LogP contribution in [0.5, 0.6) is 0 Å². The Morgan fingerprint density at radius 1 is 1.14 bits per heavy atom. The molecule has 0 aliphatic carbocycles. The highest BCUT2D eigenvalue weighted by Crippen LogP contribution is 2.03. The van der Waals surface area contributed by atoms with E-state index in [9.17, 15) is 14.4 Å². The van der Waals surface area contributed by atoms with Gasteiger partial charge in [-0.05, 0) is 6.42 Å². The zero-order valence-corrected chi connectivity index (χ0v) is 12.3. The maximum absolute atomic E-state index is 11.8. The Balaban J connectivity index is 2.15. The van der Waals surface area contributed by atoms with Crippen LogP contribution in [0.3, 0.4) is 0 Å². The van der Waals surface area contributed by atoms with Crippen molar-refractivity contribution >= 4 is 18.0 Å². The molecule has 1 aliphatic rings. The lowest BCUT2D eigenvalue weighted by Gasteiger charge is -2.34. The van der Waals surface area contributed by atoms with Crippen LogP contribution in [-0.2, 0) is 14.3 Å². The van der Waals surface area contributed by atoms with E-state index in [-0.39, 0.29) is 18.4 Å². The Labute approximate surface area is 124 Å². The van der Waals surface area contributed by atoms with E-state index in [1.54, 1.807) is 4.90 Å². The number of carbonyl (C=O) groups is 3. The molecule has 1 heterocycles. The summed E-state index contributed by atoms with van der Waals surface area (Å²) in [5.41, 5.74) is 0. The molecule has 0 radical (unpaired) electrons. The van der Waals surface area contributed by atoms with Gasteiger partial charge >= 0.3 is 18.0 Å². The third-order valence-corrected chi connectivity index (χ3v) is 3.36. The number of hydrogen-bond acceptors (Lipinski definition) is 5. The molecular weight excluding hydrogens is 278 g/mol. The Morgan fingerprint density at radius 2 is 1.81 bits per heavy atom. The van der Waals surface area contributed by atoms with Gasteiger partial charge in [-0.1, -0.05) is 0 Å². The van der Waals surface area contributed by atoms with Crippen molar-refractivity contribution in [3.63, 3.8) is 0 Å². The molecule has 0 saturated carbocycles. The molecule has 1 rings (SSSR count). The molecule has 2 amide bonds. The van der Waals surface area contributed by atoms with Crippen LogP contribution in [-0.4, -0.2) is 79.3 Å². The molecule has 2 N–H and O–H groups in total. The summed E-state index contributed by atoms with van der Waals surface area (Å²) < 4.78 is 4.59. The lowest BCUT2D eigenvalue weighted by Crippen LogP contribution is -2.52. The molecule has 0 bridgehead atoms. The van der Waals surface area contributed by atoms with Gasteiger partial charge in [0.15, 0.2) is 0 Å². The number of urea groups is 1. The van der Waals surface area contributed by atoms with Crippen molar-refractivity contribution in [2.45, 2.75) is 19.3 Å². The van der Waals surface area contributed by atoms with Crippen LogP contribution in [0.1, 0.15) is 19.3 Å². The van der Waals surface area contributed by atoms with Crippen molar-refractivity contribution in [3.05, 3.63) is 0 Å². The van der Waals surface area contributed by atoms with Gasteiger partial charge in [-0.15, -0.1) is 0 Å². The van der Waals surface area contributed by atoms with Gasteiger partial charge < -0.3 is 20.1 Å². The van der Waals surface area contributed by atoms with Crippen molar-refractivity contribution in [1.82, 2.24) is 15.1 Å². The first kappa shape index (κ1) is 17.2. The summed E-state index contributed by atoms with van der Waals surface area (Å²) in [5, 5.41) is 11.2. The minimum atomic E-state index is -0.858. The van der Waals surface area contributed by atoms with E-state index < -0.39 is 5.97 Å². The topological polar surface area (TPSA) is 99.2 Å². The first-order valence-corrected chi connectivity index (χ1v) is 7.06. The maximum atomic E-state index is 11.8. The molecule has 1 aliphatic heterocycles. The number of hydrogen-bond donors (Lipinski definition) is 2. The molecule has 21 heavy (non-hydrogen) atoms. The van der Waals surface area contributed by atoms with Gasteiger partial charge in [0.2, 0.25) is 0 Å². The molecule has 8 heteroatoms. The molecular formula is C13H23N3O5. The third kappa shape index (κ3) is 6.94. The van der Waals surface area contributed by atoms with Gasteiger partial charge in [-0.25, -0.2) is 4.79 Å². The minimum Gasteiger partial charge on any atom is -0.481 e. The highest BCUT2D eigenvalue weighted by Gasteiger charge is 2.21. The van der Waals surface area contributed by atoms with Crippen molar-refractivity contribution < 1.29 is 24.2 Å². The Bertz CT molecular complexity index is 367. The number of esters is 1. The maximum Gasteiger partial charge on any atom is 0.317 e. The molecule has 120 valence electrons. The summed E-state index contributed by atoms with van der Waals surface area (Å²) in [7, 11) is 1.37. The predicted molar refractivity (Wildman–Crippen MR) is 74.9 cm³/mol. The van der Waals surface area contributed by atoms with Crippen molar-refractivity contribution in [2.75, 3.05) is 46.4 Å². The predicted octanol–water partition coefficient (Wildman–Crippen LogP) is -0.258. The molecule has 0 aromatic carbocycles. The summed E-state index contributed by atoms with van der Waals surface area (Å²) in [6, 6.07) is -0.159. The fourth-order valence-electron chi connectivity index (χ4n) is 2.07. The number of nitrogens with one attached hydrogen (secondary N) is 1. The second-order valence-electron chi connectivity index (χ2n) is 4.88. The average molecular weight is 301 g/mol.